The fourth-order valence-corrected chi connectivity index (χ4v) is 3.37. The lowest BCUT2D eigenvalue weighted by molar-refractivity contribution is 0.165. The van der Waals surface area contributed by atoms with E-state index in [4.69, 9.17) is 5.10 Å². The average molecular weight is 272 g/mol. The molecule has 1 fully saturated rings. The van der Waals surface area contributed by atoms with Gasteiger partial charge in [0.05, 0.1) is 11.2 Å². The van der Waals surface area contributed by atoms with Crippen molar-refractivity contribution in [2.45, 2.75) is 19.4 Å². The molecule has 1 saturated heterocycles. The molecule has 0 saturated carbocycles. The molecule has 0 spiro atoms. The van der Waals surface area contributed by atoms with Gasteiger partial charge in [0.15, 0.2) is 0 Å². The molecule has 1 aliphatic heterocycles. The number of aryl methyl sites for hydroxylation is 1. The van der Waals surface area contributed by atoms with Gasteiger partial charge in [-0.3, -0.25) is 9.58 Å². The van der Waals surface area contributed by atoms with Crippen LogP contribution in [0.3, 0.4) is 0 Å². The number of para-hydroxylation sites is 1. The predicted molar refractivity (Wildman–Crippen MR) is 82.6 cm³/mol. The molecule has 0 amide bonds. The molecule has 2 heterocycles. The number of piperidine rings is 1. The zero-order valence-corrected chi connectivity index (χ0v) is 12.5. The van der Waals surface area contributed by atoms with Crippen LogP contribution >= 0.6 is 0 Å². The van der Waals surface area contributed by atoms with Crippen LogP contribution in [-0.2, 0) is 13.6 Å². The van der Waals surface area contributed by atoms with Gasteiger partial charge < -0.3 is 5.32 Å². The van der Waals surface area contributed by atoms with Gasteiger partial charge in [-0.25, -0.2) is 0 Å². The van der Waals surface area contributed by atoms with E-state index >= 15 is 0 Å². The molecule has 0 aliphatic carbocycles. The molecule has 1 N–H and O–H groups in total. The van der Waals surface area contributed by atoms with Gasteiger partial charge in [0, 0.05) is 25.5 Å². The summed E-state index contributed by atoms with van der Waals surface area (Å²) in [5, 5.41) is 9.32. The van der Waals surface area contributed by atoms with Crippen LogP contribution in [0.4, 0.5) is 0 Å². The number of rotatable bonds is 4. The van der Waals surface area contributed by atoms with Crippen LogP contribution in [-0.4, -0.2) is 41.4 Å². The molecule has 0 bridgehead atoms. The number of nitrogens with one attached hydrogen (secondary N) is 1. The molecule has 108 valence electrons. The van der Waals surface area contributed by atoms with E-state index in [-0.39, 0.29) is 0 Å². The molecule has 4 heteroatoms. The smallest absolute Gasteiger partial charge is 0.0843 e. The Hall–Kier alpha value is -1.39. The molecule has 20 heavy (non-hydrogen) atoms. The summed E-state index contributed by atoms with van der Waals surface area (Å²) < 4.78 is 2.00. The monoisotopic (exact) mass is 272 g/mol. The maximum atomic E-state index is 4.71. The molecule has 1 aliphatic rings. The summed E-state index contributed by atoms with van der Waals surface area (Å²) in [4.78, 5) is 2.56. The van der Waals surface area contributed by atoms with E-state index < -0.39 is 0 Å². The second kappa shape index (κ2) is 5.94. The summed E-state index contributed by atoms with van der Waals surface area (Å²) in [6, 6.07) is 8.52. The number of aromatic nitrogens is 2. The minimum Gasteiger partial charge on any atom is -0.319 e. The topological polar surface area (TPSA) is 33.1 Å². The maximum Gasteiger partial charge on any atom is 0.0843 e. The second-order valence-corrected chi connectivity index (χ2v) is 5.89. The molecule has 4 nitrogen and oxygen atoms in total. The van der Waals surface area contributed by atoms with Crippen molar-refractivity contribution in [1.82, 2.24) is 20.0 Å². The van der Waals surface area contributed by atoms with Gasteiger partial charge in [-0.05, 0) is 45.0 Å². The fourth-order valence-electron chi connectivity index (χ4n) is 3.37. The number of likely N-dealkylation sites (tertiary alicyclic amines) is 1. The lowest BCUT2D eigenvalue weighted by Gasteiger charge is -2.32. The van der Waals surface area contributed by atoms with Crippen LogP contribution in [0, 0.1) is 5.92 Å². The highest BCUT2D eigenvalue weighted by atomic mass is 15.3. The second-order valence-electron chi connectivity index (χ2n) is 5.89. The molecular weight excluding hydrogens is 248 g/mol. The van der Waals surface area contributed by atoms with Crippen molar-refractivity contribution in [2.24, 2.45) is 13.0 Å². The first kappa shape index (κ1) is 13.6. The van der Waals surface area contributed by atoms with Crippen molar-refractivity contribution >= 4 is 10.9 Å². The highest BCUT2D eigenvalue weighted by Crippen LogP contribution is 2.22. The Morgan fingerprint density at radius 2 is 2.20 bits per heavy atom. The molecule has 1 aromatic carbocycles. The van der Waals surface area contributed by atoms with Crippen LogP contribution in [0.25, 0.3) is 10.9 Å². The standard InChI is InChI=1S/C16H24N4/c1-17-10-13-6-5-9-20(11-13)12-15-14-7-3-4-8-16(14)19(2)18-15/h3-4,7-8,13,17H,5-6,9-12H2,1-2H3. The Morgan fingerprint density at radius 1 is 1.35 bits per heavy atom. The maximum absolute atomic E-state index is 4.71. The Bertz CT molecular complexity index is 573. The van der Waals surface area contributed by atoms with Crippen molar-refractivity contribution in [1.29, 1.82) is 0 Å². The van der Waals surface area contributed by atoms with Gasteiger partial charge in [-0.2, -0.15) is 5.10 Å². The van der Waals surface area contributed by atoms with Crippen LogP contribution in [0.5, 0.6) is 0 Å². The van der Waals surface area contributed by atoms with Crippen molar-refractivity contribution < 1.29 is 0 Å². The molecule has 2 aromatic rings. The van der Waals surface area contributed by atoms with Crippen molar-refractivity contribution in [3.05, 3.63) is 30.0 Å². The minimum absolute atomic E-state index is 0.781. The first-order chi connectivity index (χ1) is 9.78. The van der Waals surface area contributed by atoms with E-state index in [1.165, 1.54) is 42.5 Å². The Kier molecular flexibility index (Phi) is 4.03. The predicted octanol–water partition coefficient (Wildman–Crippen LogP) is 2.00. The van der Waals surface area contributed by atoms with E-state index in [0.717, 1.165) is 19.0 Å². The van der Waals surface area contributed by atoms with E-state index in [1.807, 2.05) is 18.8 Å². The lowest BCUT2D eigenvalue weighted by Crippen LogP contribution is -2.38. The molecule has 3 rings (SSSR count). The van der Waals surface area contributed by atoms with E-state index in [1.54, 1.807) is 0 Å². The molecule has 1 atom stereocenters. The summed E-state index contributed by atoms with van der Waals surface area (Å²) in [5.41, 5.74) is 2.44. The zero-order chi connectivity index (χ0) is 13.9. The van der Waals surface area contributed by atoms with Gasteiger partial charge in [-0.1, -0.05) is 18.2 Å². The van der Waals surface area contributed by atoms with Crippen molar-refractivity contribution in [2.75, 3.05) is 26.7 Å². The summed E-state index contributed by atoms with van der Waals surface area (Å²) in [7, 11) is 4.08. The third kappa shape index (κ3) is 2.72. The van der Waals surface area contributed by atoms with Crippen LogP contribution in [0.1, 0.15) is 18.5 Å². The molecule has 0 radical (unpaired) electrons. The first-order valence-corrected chi connectivity index (χ1v) is 7.55. The van der Waals surface area contributed by atoms with Gasteiger partial charge in [0.25, 0.3) is 0 Å². The normalized spacial score (nSPS) is 20.6. The Balaban J connectivity index is 1.76. The van der Waals surface area contributed by atoms with Gasteiger partial charge in [0.1, 0.15) is 0 Å². The number of fused-ring (bicyclic) bond motifs is 1. The third-order valence-electron chi connectivity index (χ3n) is 4.30. The molecule has 1 unspecified atom stereocenters. The van der Waals surface area contributed by atoms with Crippen molar-refractivity contribution in [3.63, 3.8) is 0 Å². The summed E-state index contributed by atoms with van der Waals surface area (Å²) >= 11 is 0. The first-order valence-electron chi connectivity index (χ1n) is 7.55. The summed E-state index contributed by atoms with van der Waals surface area (Å²) in [6.45, 7) is 4.48. The van der Waals surface area contributed by atoms with Gasteiger partial charge in [-0.15, -0.1) is 0 Å². The third-order valence-corrected chi connectivity index (χ3v) is 4.30. The van der Waals surface area contributed by atoms with E-state index in [9.17, 15) is 0 Å². The summed E-state index contributed by atoms with van der Waals surface area (Å²) in [5.74, 6) is 0.781. The Labute approximate surface area is 120 Å². The Morgan fingerprint density at radius 3 is 3.05 bits per heavy atom. The van der Waals surface area contributed by atoms with Crippen LogP contribution in [0.2, 0.25) is 0 Å². The number of nitrogens with zero attached hydrogens (tertiary/aromatic N) is 3. The fraction of sp³-hybridized carbons (Fsp3) is 0.562. The number of hydrogen-bond donors (Lipinski definition) is 1. The molecule has 1 aromatic heterocycles. The summed E-state index contributed by atoms with van der Waals surface area (Å²) in [6.07, 6.45) is 2.65. The van der Waals surface area contributed by atoms with Crippen LogP contribution < -0.4 is 5.32 Å². The number of hydrogen-bond acceptors (Lipinski definition) is 3. The van der Waals surface area contributed by atoms with E-state index in [0.29, 0.717) is 0 Å². The quantitative estimate of drug-likeness (QED) is 0.924. The van der Waals surface area contributed by atoms with E-state index in [2.05, 4.69) is 34.5 Å². The largest absolute Gasteiger partial charge is 0.319 e. The zero-order valence-electron chi connectivity index (χ0n) is 12.5. The minimum atomic E-state index is 0.781. The van der Waals surface area contributed by atoms with Gasteiger partial charge >= 0.3 is 0 Å². The van der Waals surface area contributed by atoms with Crippen LogP contribution in [0.15, 0.2) is 24.3 Å². The van der Waals surface area contributed by atoms with Crippen molar-refractivity contribution in [3.8, 4) is 0 Å². The van der Waals surface area contributed by atoms with Gasteiger partial charge in [0.2, 0.25) is 0 Å². The highest BCUT2D eigenvalue weighted by molar-refractivity contribution is 5.81. The number of benzene rings is 1. The average Bonchev–Trinajstić information content (AvgIpc) is 2.77. The SMILES string of the molecule is CNCC1CCCN(Cc2nn(C)c3ccccc23)C1. The highest BCUT2D eigenvalue weighted by Gasteiger charge is 2.21. The molecular formula is C16H24N4. The lowest BCUT2D eigenvalue weighted by atomic mass is 9.98.